The summed E-state index contributed by atoms with van der Waals surface area (Å²) in [5.41, 5.74) is -0.0202. The van der Waals surface area contributed by atoms with E-state index in [2.05, 4.69) is 15.3 Å². The van der Waals surface area contributed by atoms with Gasteiger partial charge in [0.25, 0.3) is 11.5 Å². The smallest absolute Gasteiger partial charge is 0.274 e. The van der Waals surface area contributed by atoms with Gasteiger partial charge in [0.2, 0.25) is 0 Å². The predicted octanol–water partition coefficient (Wildman–Crippen LogP) is -0.408. The minimum atomic E-state index is -0.303. The van der Waals surface area contributed by atoms with Gasteiger partial charge in [-0.05, 0) is 13.8 Å². The van der Waals surface area contributed by atoms with Gasteiger partial charge < -0.3 is 15.2 Å². The molecule has 2 rings (SSSR count). The fourth-order valence-corrected chi connectivity index (χ4v) is 2.12. The molecule has 0 radical (unpaired) electrons. The van der Waals surface area contributed by atoms with Crippen molar-refractivity contribution in [1.82, 2.24) is 20.2 Å². The number of aromatic nitrogens is 2. The fourth-order valence-electron chi connectivity index (χ4n) is 2.12. The van der Waals surface area contributed by atoms with Crippen LogP contribution < -0.4 is 10.9 Å². The van der Waals surface area contributed by atoms with Crippen LogP contribution in [0.4, 0.5) is 0 Å². The Morgan fingerprint density at radius 2 is 2.06 bits per heavy atom. The first kappa shape index (κ1) is 11.8. The molecule has 1 aliphatic heterocycles. The summed E-state index contributed by atoms with van der Waals surface area (Å²) < 4.78 is 0. The largest absolute Gasteiger partial charge is 0.329 e. The molecule has 1 aliphatic rings. The summed E-state index contributed by atoms with van der Waals surface area (Å²) >= 11 is 0. The Kier molecular flexibility index (Phi) is 3.23. The van der Waals surface area contributed by atoms with Crippen LogP contribution in [0.5, 0.6) is 0 Å². The highest BCUT2D eigenvalue weighted by molar-refractivity contribution is 5.92. The van der Waals surface area contributed by atoms with Crippen molar-refractivity contribution in [3.8, 4) is 0 Å². The molecule has 6 heteroatoms. The van der Waals surface area contributed by atoms with Gasteiger partial charge in [-0.1, -0.05) is 0 Å². The van der Waals surface area contributed by atoms with E-state index >= 15 is 0 Å². The van der Waals surface area contributed by atoms with Crippen molar-refractivity contribution in [2.45, 2.75) is 25.9 Å². The maximum absolute atomic E-state index is 12.2. The van der Waals surface area contributed by atoms with Gasteiger partial charge >= 0.3 is 0 Å². The van der Waals surface area contributed by atoms with E-state index < -0.39 is 0 Å². The maximum atomic E-state index is 12.2. The van der Waals surface area contributed by atoms with E-state index in [1.165, 1.54) is 6.20 Å². The molecule has 1 aromatic heterocycles. The van der Waals surface area contributed by atoms with Gasteiger partial charge in [0.05, 0.1) is 6.20 Å². The summed E-state index contributed by atoms with van der Waals surface area (Å²) in [6, 6.07) is 0.250. The number of rotatable bonds is 1. The number of H-pyrrole nitrogens is 1. The molecule has 0 saturated carbocycles. The summed E-state index contributed by atoms with van der Waals surface area (Å²) in [6.07, 6.45) is 2.50. The molecule has 92 valence electrons. The first-order valence-corrected chi connectivity index (χ1v) is 5.67. The first-order valence-electron chi connectivity index (χ1n) is 5.67. The van der Waals surface area contributed by atoms with E-state index in [0.29, 0.717) is 0 Å². The van der Waals surface area contributed by atoms with Gasteiger partial charge in [-0.15, -0.1) is 0 Å². The number of nitrogens with zero attached hydrogens (tertiary/aromatic N) is 2. The van der Waals surface area contributed by atoms with E-state index in [0.717, 1.165) is 19.3 Å². The van der Waals surface area contributed by atoms with Crippen LogP contribution >= 0.6 is 0 Å². The van der Waals surface area contributed by atoms with Crippen molar-refractivity contribution in [2.24, 2.45) is 0 Å². The maximum Gasteiger partial charge on any atom is 0.274 e. The molecule has 17 heavy (non-hydrogen) atoms. The Morgan fingerprint density at radius 1 is 1.41 bits per heavy atom. The SMILES string of the molecule is CC1CNCC(C)N1C(=O)c1c[nH]c(=O)cn1. The third kappa shape index (κ3) is 2.36. The van der Waals surface area contributed by atoms with Crippen LogP contribution in [0.25, 0.3) is 0 Å². The van der Waals surface area contributed by atoms with Crippen molar-refractivity contribution in [1.29, 1.82) is 0 Å². The molecule has 1 amide bonds. The molecule has 1 aromatic rings. The van der Waals surface area contributed by atoms with Gasteiger partial charge in [0.1, 0.15) is 5.69 Å². The highest BCUT2D eigenvalue weighted by atomic mass is 16.2. The van der Waals surface area contributed by atoms with Crippen LogP contribution in [0.15, 0.2) is 17.2 Å². The van der Waals surface area contributed by atoms with Crippen LogP contribution in [0, 0.1) is 0 Å². The molecule has 0 bridgehead atoms. The van der Waals surface area contributed by atoms with Crippen molar-refractivity contribution in [3.05, 3.63) is 28.4 Å². The number of piperazine rings is 1. The van der Waals surface area contributed by atoms with Crippen molar-refractivity contribution < 1.29 is 4.79 Å². The molecule has 2 heterocycles. The van der Waals surface area contributed by atoms with E-state index in [1.54, 1.807) is 4.90 Å². The topological polar surface area (TPSA) is 78.1 Å². The van der Waals surface area contributed by atoms with E-state index in [1.807, 2.05) is 13.8 Å². The monoisotopic (exact) mass is 236 g/mol. The Balaban J connectivity index is 2.23. The lowest BCUT2D eigenvalue weighted by Crippen LogP contribution is -2.57. The van der Waals surface area contributed by atoms with Gasteiger partial charge in [-0.25, -0.2) is 4.98 Å². The third-order valence-corrected chi connectivity index (χ3v) is 2.95. The molecule has 2 atom stereocenters. The van der Waals surface area contributed by atoms with Crippen molar-refractivity contribution in [2.75, 3.05) is 13.1 Å². The van der Waals surface area contributed by atoms with Crippen LogP contribution in [0.3, 0.4) is 0 Å². The first-order chi connectivity index (χ1) is 8.09. The quantitative estimate of drug-likeness (QED) is 0.695. The number of hydrogen-bond donors (Lipinski definition) is 2. The van der Waals surface area contributed by atoms with Crippen LogP contribution in [0.1, 0.15) is 24.3 Å². The summed E-state index contributed by atoms with van der Waals surface area (Å²) in [5.74, 6) is -0.136. The van der Waals surface area contributed by atoms with E-state index in [9.17, 15) is 9.59 Å². The lowest BCUT2D eigenvalue weighted by Gasteiger charge is -2.39. The van der Waals surface area contributed by atoms with Gasteiger partial charge in [-0.3, -0.25) is 9.59 Å². The zero-order valence-electron chi connectivity index (χ0n) is 9.93. The van der Waals surface area contributed by atoms with Gasteiger partial charge in [-0.2, -0.15) is 0 Å². The second-order valence-corrected chi connectivity index (χ2v) is 4.37. The molecule has 1 fully saturated rings. The van der Waals surface area contributed by atoms with Gasteiger partial charge in [0.15, 0.2) is 0 Å². The normalized spacial score (nSPS) is 24.7. The number of aromatic amines is 1. The van der Waals surface area contributed by atoms with E-state index in [4.69, 9.17) is 0 Å². The summed E-state index contributed by atoms with van der Waals surface area (Å²) in [5, 5.41) is 3.26. The number of amides is 1. The fraction of sp³-hybridized carbons (Fsp3) is 0.545. The van der Waals surface area contributed by atoms with Crippen LogP contribution in [-0.2, 0) is 0 Å². The molecular weight excluding hydrogens is 220 g/mol. The molecule has 0 spiro atoms. The lowest BCUT2D eigenvalue weighted by atomic mass is 10.1. The number of nitrogens with one attached hydrogen (secondary N) is 2. The van der Waals surface area contributed by atoms with Gasteiger partial charge in [0, 0.05) is 31.4 Å². The third-order valence-electron chi connectivity index (χ3n) is 2.95. The molecule has 0 aromatic carbocycles. The number of carbonyl (C=O) groups excluding carboxylic acids is 1. The van der Waals surface area contributed by atoms with Crippen LogP contribution in [0.2, 0.25) is 0 Å². The summed E-state index contributed by atoms with van der Waals surface area (Å²) in [6.45, 7) is 5.54. The number of carbonyl (C=O) groups is 1. The molecule has 2 N–H and O–H groups in total. The van der Waals surface area contributed by atoms with Crippen molar-refractivity contribution in [3.63, 3.8) is 0 Å². The summed E-state index contributed by atoms with van der Waals surface area (Å²) in [4.78, 5) is 31.3. The average Bonchev–Trinajstić information content (AvgIpc) is 2.29. The van der Waals surface area contributed by atoms with Crippen LogP contribution in [-0.4, -0.2) is 45.9 Å². The Bertz CT molecular complexity index is 440. The molecule has 6 nitrogen and oxygen atoms in total. The van der Waals surface area contributed by atoms with Crippen molar-refractivity contribution >= 4 is 5.91 Å². The molecule has 0 aliphatic carbocycles. The highest BCUT2D eigenvalue weighted by Crippen LogP contribution is 2.12. The Morgan fingerprint density at radius 3 is 2.59 bits per heavy atom. The lowest BCUT2D eigenvalue weighted by molar-refractivity contribution is 0.0538. The minimum Gasteiger partial charge on any atom is -0.329 e. The molecule has 2 unspecified atom stereocenters. The standard InChI is InChI=1S/C11H16N4O2/c1-7-3-12-4-8(2)15(7)11(17)9-5-14-10(16)6-13-9/h5-8,12H,3-4H2,1-2H3,(H,14,16). The second kappa shape index (κ2) is 4.67. The molecular formula is C11H16N4O2. The Hall–Kier alpha value is -1.69. The minimum absolute atomic E-state index is 0.125. The Labute approximate surface area is 99.1 Å². The summed E-state index contributed by atoms with van der Waals surface area (Å²) in [7, 11) is 0. The van der Waals surface area contributed by atoms with E-state index in [-0.39, 0.29) is 29.2 Å². The zero-order chi connectivity index (χ0) is 12.4. The average molecular weight is 236 g/mol. The predicted molar refractivity (Wildman–Crippen MR) is 62.8 cm³/mol. The number of hydrogen-bond acceptors (Lipinski definition) is 4. The second-order valence-electron chi connectivity index (χ2n) is 4.37. The highest BCUT2D eigenvalue weighted by Gasteiger charge is 2.30. The zero-order valence-corrected chi connectivity index (χ0v) is 9.93. The molecule has 1 saturated heterocycles.